The van der Waals surface area contributed by atoms with E-state index in [-0.39, 0.29) is 0 Å². The Labute approximate surface area is 251 Å². The maximum atomic E-state index is 2.49. The van der Waals surface area contributed by atoms with Crippen molar-refractivity contribution in [3.63, 3.8) is 0 Å². The van der Waals surface area contributed by atoms with Gasteiger partial charge in [-0.2, -0.15) is 0 Å². The molecule has 0 heterocycles. The van der Waals surface area contributed by atoms with Crippen LogP contribution in [0.15, 0.2) is 60.7 Å². The second-order valence-corrected chi connectivity index (χ2v) is 13.0. The lowest BCUT2D eigenvalue weighted by Gasteiger charge is -2.17. The van der Waals surface area contributed by atoms with Crippen molar-refractivity contribution in [3.05, 3.63) is 71.8 Å². The predicted octanol–water partition coefficient (Wildman–Crippen LogP) is 13.6. The average Bonchev–Trinajstić information content (AvgIpc) is 2.99. The molecule has 2 atom stereocenters. The lowest BCUT2D eigenvalue weighted by atomic mass is 9.88. The normalized spacial score (nSPS) is 12.9. The number of hydrogen-bond donors (Lipinski definition) is 0. The third-order valence-electron chi connectivity index (χ3n) is 9.18. The van der Waals surface area contributed by atoms with Crippen molar-refractivity contribution in [3.8, 4) is 0 Å². The van der Waals surface area contributed by atoms with E-state index in [2.05, 4.69) is 74.5 Å². The molecule has 0 aliphatic heterocycles. The van der Waals surface area contributed by atoms with Crippen LogP contribution >= 0.6 is 0 Å². The highest BCUT2D eigenvalue weighted by Crippen LogP contribution is 2.29. The second-order valence-electron chi connectivity index (χ2n) is 13.0. The smallest absolute Gasteiger partial charge is 0.0162 e. The van der Waals surface area contributed by atoms with E-state index in [0.29, 0.717) is 0 Å². The van der Waals surface area contributed by atoms with Crippen molar-refractivity contribution in [2.24, 2.45) is 5.92 Å². The van der Waals surface area contributed by atoms with Crippen LogP contribution < -0.4 is 0 Å². The summed E-state index contributed by atoms with van der Waals surface area (Å²) in [5.41, 5.74) is 3.08. The Morgan fingerprint density at radius 1 is 0.425 bits per heavy atom. The van der Waals surface area contributed by atoms with Gasteiger partial charge in [-0.05, 0) is 48.6 Å². The van der Waals surface area contributed by atoms with E-state index >= 15 is 0 Å². The molecule has 2 aromatic carbocycles. The highest BCUT2D eigenvalue weighted by atomic mass is 14.2. The molecule has 0 fully saturated rings. The van der Waals surface area contributed by atoms with Crippen LogP contribution in [0.2, 0.25) is 0 Å². The van der Waals surface area contributed by atoms with Crippen molar-refractivity contribution >= 4 is 0 Å². The molecule has 0 heteroatoms. The molecule has 0 nitrogen and oxygen atoms in total. The second kappa shape index (κ2) is 25.2. The Bertz CT molecular complexity index is 763. The highest BCUT2D eigenvalue weighted by molar-refractivity contribution is 5.19. The van der Waals surface area contributed by atoms with E-state index in [9.17, 15) is 0 Å². The van der Waals surface area contributed by atoms with Gasteiger partial charge in [-0.3, -0.25) is 0 Å². The molecule has 226 valence electrons. The summed E-state index contributed by atoms with van der Waals surface area (Å²) < 4.78 is 0. The zero-order chi connectivity index (χ0) is 28.4. The average molecular weight is 547 g/mol. The van der Waals surface area contributed by atoms with E-state index in [1.807, 2.05) is 0 Å². The summed E-state index contributed by atoms with van der Waals surface area (Å²) in [5, 5.41) is 0. The van der Waals surface area contributed by atoms with Crippen molar-refractivity contribution < 1.29 is 0 Å². The van der Waals surface area contributed by atoms with Crippen LogP contribution in [0.3, 0.4) is 0 Å². The molecule has 0 spiro atoms. The fourth-order valence-electron chi connectivity index (χ4n) is 6.46. The lowest BCUT2D eigenvalue weighted by Crippen LogP contribution is -2.00. The quantitative estimate of drug-likeness (QED) is 0.0977. The molecule has 0 saturated heterocycles. The largest absolute Gasteiger partial charge is 0.0654 e. The molecule has 2 unspecified atom stereocenters. The van der Waals surface area contributed by atoms with Crippen LogP contribution in [0.1, 0.15) is 179 Å². The molecule has 40 heavy (non-hydrogen) atoms. The number of unbranched alkanes of at least 4 members (excludes halogenated alkanes) is 16. The van der Waals surface area contributed by atoms with Gasteiger partial charge in [0.1, 0.15) is 0 Å². The van der Waals surface area contributed by atoms with E-state index in [1.165, 1.54) is 160 Å². The van der Waals surface area contributed by atoms with Gasteiger partial charge in [0.2, 0.25) is 0 Å². The molecular formula is C40H66. The fourth-order valence-corrected chi connectivity index (χ4v) is 6.46. The van der Waals surface area contributed by atoms with Crippen molar-refractivity contribution in [2.45, 2.75) is 174 Å². The van der Waals surface area contributed by atoms with Gasteiger partial charge in [-0.25, -0.2) is 0 Å². The van der Waals surface area contributed by atoms with Crippen LogP contribution in [0.4, 0.5) is 0 Å². The van der Waals surface area contributed by atoms with Crippen LogP contribution in [-0.2, 0) is 6.42 Å². The lowest BCUT2D eigenvalue weighted by molar-refractivity contribution is 0.429. The number of rotatable bonds is 27. The molecule has 0 aliphatic rings. The maximum Gasteiger partial charge on any atom is -0.0162 e. The summed E-state index contributed by atoms with van der Waals surface area (Å²) in [6.45, 7) is 4.80. The highest BCUT2D eigenvalue weighted by Gasteiger charge is 2.11. The van der Waals surface area contributed by atoms with Gasteiger partial charge in [-0.15, -0.1) is 0 Å². The molecule has 2 aromatic rings. The molecule has 2 rings (SSSR count). The molecule has 0 aromatic heterocycles. The van der Waals surface area contributed by atoms with Gasteiger partial charge in [0.15, 0.2) is 0 Å². The van der Waals surface area contributed by atoms with Gasteiger partial charge in [-0.1, -0.05) is 203 Å². The first-order valence-electron chi connectivity index (χ1n) is 17.9. The van der Waals surface area contributed by atoms with Gasteiger partial charge in [0.25, 0.3) is 0 Å². The molecule has 0 aliphatic carbocycles. The minimum absolute atomic E-state index is 0.767. The zero-order valence-electron chi connectivity index (χ0n) is 26.9. The van der Waals surface area contributed by atoms with Crippen molar-refractivity contribution in [1.82, 2.24) is 0 Å². The van der Waals surface area contributed by atoms with E-state index in [0.717, 1.165) is 11.8 Å². The Morgan fingerprint density at radius 3 is 1.32 bits per heavy atom. The van der Waals surface area contributed by atoms with Gasteiger partial charge >= 0.3 is 0 Å². The first-order chi connectivity index (χ1) is 19.8. The van der Waals surface area contributed by atoms with E-state index < -0.39 is 0 Å². The SMILES string of the molecule is CCCCCCCCCC(C)CCCCCCCCCC(CCCCCCCc1ccccc1)c1ccccc1. The first-order valence-corrected chi connectivity index (χ1v) is 17.9. The third kappa shape index (κ3) is 18.7. The Balaban J connectivity index is 1.45. The summed E-state index contributed by atoms with van der Waals surface area (Å²) in [4.78, 5) is 0. The van der Waals surface area contributed by atoms with Gasteiger partial charge < -0.3 is 0 Å². The Hall–Kier alpha value is -1.56. The summed E-state index contributed by atoms with van der Waals surface area (Å²) in [7, 11) is 0. The molecule has 0 N–H and O–H groups in total. The minimum Gasteiger partial charge on any atom is -0.0654 e. The Morgan fingerprint density at radius 2 is 0.825 bits per heavy atom. The predicted molar refractivity (Wildman–Crippen MR) is 180 cm³/mol. The van der Waals surface area contributed by atoms with Crippen LogP contribution in [0, 0.1) is 5.92 Å². The monoisotopic (exact) mass is 547 g/mol. The van der Waals surface area contributed by atoms with Crippen molar-refractivity contribution in [1.29, 1.82) is 0 Å². The summed E-state index contributed by atoms with van der Waals surface area (Å²) >= 11 is 0. The summed E-state index contributed by atoms with van der Waals surface area (Å²) in [6, 6.07) is 22.4. The molecule has 0 bridgehead atoms. The third-order valence-corrected chi connectivity index (χ3v) is 9.18. The van der Waals surface area contributed by atoms with Gasteiger partial charge in [0.05, 0.1) is 0 Å². The summed E-state index contributed by atoms with van der Waals surface area (Å²) in [6.07, 6.45) is 34.0. The first kappa shape index (κ1) is 34.6. The standard InChI is InChI=1S/C40H66/c1-3-4-5-6-8-12-19-28-37(2)29-20-13-9-7-10-15-24-33-39(40-35-26-18-27-36-40)34-25-16-11-14-21-30-38-31-22-17-23-32-38/h17-18,22-23,26-27,31-32,35-37,39H,3-16,19-21,24-25,28-30,33-34H2,1-2H3. The van der Waals surface area contributed by atoms with Gasteiger partial charge in [0, 0.05) is 0 Å². The molecule has 0 amide bonds. The molecule has 0 saturated carbocycles. The number of hydrogen-bond acceptors (Lipinski definition) is 0. The zero-order valence-corrected chi connectivity index (χ0v) is 26.9. The minimum atomic E-state index is 0.767. The fraction of sp³-hybridized carbons (Fsp3) is 0.700. The van der Waals surface area contributed by atoms with Crippen LogP contribution in [-0.4, -0.2) is 0 Å². The summed E-state index contributed by atoms with van der Waals surface area (Å²) in [5.74, 6) is 1.71. The van der Waals surface area contributed by atoms with Crippen LogP contribution in [0.5, 0.6) is 0 Å². The van der Waals surface area contributed by atoms with Crippen molar-refractivity contribution in [2.75, 3.05) is 0 Å². The number of aryl methyl sites for hydroxylation is 1. The maximum absolute atomic E-state index is 2.49. The van der Waals surface area contributed by atoms with Crippen LogP contribution in [0.25, 0.3) is 0 Å². The number of benzene rings is 2. The topological polar surface area (TPSA) is 0 Å². The van der Waals surface area contributed by atoms with E-state index in [1.54, 1.807) is 5.56 Å². The Kier molecular flexibility index (Phi) is 21.8. The van der Waals surface area contributed by atoms with E-state index in [4.69, 9.17) is 0 Å². The molecular weight excluding hydrogens is 480 g/mol. The molecule has 0 radical (unpaired) electrons.